The van der Waals surface area contributed by atoms with E-state index in [0.717, 1.165) is 5.56 Å². The Kier molecular flexibility index (Phi) is 14.9. The minimum absolute atomic E-state index is 0.0622. The topological polar surface area (TPSA) is 17.1 Å². The molecule has 3 aromatic heterocycles. The van der Waals surface area contributed by atoms with Crippen LogP contribution in [0.2, 0.25) is 0 Å². The second kappa shape index (κ2) is 23.2. The molecule has 6 fully saturated rings. The van der Waals surface area contributed by atoms with Crippen LogP contribution in [-0.4, -0.2) is 5.78 Å². The molecule has 0 radical (unpaired) electrons. The fraction of sp³-hybridized carbons (Fsp3) is 0.433. The summed E-state index contributed by atoms with van der Waals surface area (Å²) in [7, 11) is 0. The van der Waals surface area contributed by atoms with E-state index in [2.05, 4.69) is 213 Å². The van der Waals surface area contributed by atoms with Crippen LogP contribution in [0.4, 0.5) is 0 Å². The molecule has 6 saturated carbocycles. The molecule has 101 heavy (non-hydrogen) atoms. The van der Waals surface area contributed by atoms with E-state index in [1.807, 2.05) is 40.9 Å². The SMILES string of the molecule is C=C(C)C(=O)Cc1ccc(-c2ccc(-c3ccc4c(c3)C3(c5cc(-c6ccc7c(c6)C6(c8cc(-c9cc%10sc(-c%11ccc%12c(c%11)C%11(c%13cc(C)ccc%13-%12)C%12(CCC)CCCC%11(CCC)CCC%12)cc%10s9)ccc8-7)C7(CC)CCCC6(CC)CCC7)ccc5-4)C4(C)CCCC3(C)CCC4)s2)cc1. The molecule has 10 aromatic rings. The summed E-state index contributed by atoms with van der Waals surface area (Å²) in [6.45, 7) is 23.6. The van der Waals surface area contributed by atoms with Gasteiger partial charge in [-0.3, -0.25) is 4.79 Å². The van der Waals surface area contributed by atoms with Gasteiger partial charge in [-0.15, -0.1) is 34.0 Å². The molecule has 0 atom stereocenters. The molecule has 9 aliphatic carbocycles. The number of Topliss-reactive ketones (excluding diaryl/α,β-unsaturated/α-hetero) is 1. The van der Waals surface area contributed by atoms with Crippen molar-refractivity contribution in [3.8, 4) is 86.3 Å². The maximum Gasteiger partial charge on any atom is 0.162 e. The average Bonchev–Trinajstić information content (AvgIpc) is 1.55. The summed E-state index contributed by atoms with van der Waals surface area (Å²) in [5, 5.41) is 0. The van der Waals surface area contributed by atoms with E-state index in [9.17, 15) is 4.79 Å². The van der Waals surface area contributed by atoms with Crippen molar-refractivity contribution in [1.82, 2.24) is 0 Å². The maximum absolute atomic E-state index is 12.6. The van der Waals surface area contributed by atoms with E-state index in [-0.39, 0.29) is 43.7 Å². The Hall–Kier alpha value is -6.69. The summed E-state index contributed by atoms with van der Waals surface area (Å²) in [6.07, 6.45) is 31.8. The van der Waals surface area contributed by atoms with Crippen molar-refractivity contribution in [3.05, 3.63) is 214 Å². The predicted octanol–water partition coefficient (Wildman–Crippen LogP) is 28.6. The third-order valence-electron chi connectivity index (χ3n) is 30.6. The van der Waals surface area contributed by atoms with Gasteiger partial charge < -0.3 is 0 Å². The second-order valence-corrected chi connectivity index (χ2v) is 38.1. The first kappa shape index (κ1) is 65.1. The molecule has 3 spiro atoms. The highest BCUT2D eigenvalue weighted by Gasteiger charge is 2.72. The van der Waals surface area contributed by atoms with Crippen molar-refractivity contribution in [3.63, 3.8) is 0 Å². The van der Waals surface area contributed by atoms with Crippen molar-refractivity contribution in [1.29, 1.82) is 0 Å². The van der Waals surface area contributed by atoms with Gasteiger partial charge in [-0.25, -0.2) is 0 Å². The molecule has 3 heterocycles. The molecule has 0 N–H and O–H groups in total. The van der Waals surface area contributed by atoms with Crippen LogP contribution in [0.1, 0.15) is 247 Å². The minimum atomic E-state index is -0.104. The lowest BCUT2D eigenvalue weighted by Gasteiger charge is -2.67. The van der Waals surface area contributed by atoms with Gasteiger partial charge in [0.05, 0.1) is 0 Å². The molecule has 0 saturated heterocycles. The Balaban J connectivity index is 0.700. The molecule has 0 amide bonds. The van der Waals surface area contributed by atoms with E-state index in [0.29, 0.717) is 22.8 Å². The third kappa shape index (κ3) is 8.51. The van der Waals surface area contributed by atoms with Gasteiger partial charge in [0.25, 0.3) is 0 Å². The molecule has 4 heteroatoms. The van der Waals surface area contributed by atoms with Crippen LogP contribution in [0, 0.1) is 39.4 Å². The van der Waals surface area contributed by atoms with Crippen LogP contribution in [-0.2, 0) is 27.5 Å². The van der Waals surface area contributed by atoms with E-state index in [1.54, 1.807) is 33.4 Å². The standard InChI is InChI=1S/C97H102OS3/c1-10-38-93-48-18-50-94(39-11-2,51-19-49-93)97(93)76-52-62(7)20-30-70(76)74-34-28-69(58-81(74)97)86-60-88-87(101-86)59-85(100-88)68-29-35-75-73-32-26-66(55-79(73)96(80(75)57-68)91(12-3)44-16-46-92(96,13-4)47-17-45-91)65-25-31-71-72-33-27-67(84-37-36-83(99-84)64-23-21-63(22-24-64)53-82(98)61(5)6)56-78(72)95(77(71)54-65)89(8)40-14-42-90(95,9)43-15-41-89/h20-37,52,54-60H,5,10-19,38-51,53H2,1-4,6-9H3. The van der Waals surface area contributed by atoms with Crippen LogP contribution in [0.15, 0.2) is 170 Å². The molecule has 9 aliphatic rings. The maximum atomic E-state index is 12.6. The van der Waals surface area contributed by atoms with E-state index in [4.69, 9.17) is 0 Å². The Labute approximate surface area is 614 Å². The van der Waals surface area contributed by atoms with Gasteiger partial charge in [-0.05, 0) is 315 Å². The molecule has 7 aromatic carbocycles. The molecule has 0 unspecified atom stereocenters. The summed E-state index contributed by atoms with van der Waals surface area (Å²) in [4.78, 5) is 18.0. The lowest BCUT2D eigenvalue weighted by atomic mass is 9.36. The normalized spacial score (nSPS) is 29.8. The Bertz CT molecular complexity index is 4950. The van der Waals surface area contributed by atoms with Crippen molar-refractivity contribution >= 4 is 49.2 Å². The van der Waals surface area contributed by atoms with Gasteiger partial charge in [0.2, 0.25) is 0 Å². The highest BCUT2D eigenvalue weighted by atomic mass is 32.1. The van der Waals surface area contributed by atoms with Crippen LogP contribution in [0.3, 0.4) is 0 Å². The number of carbonyl (C=O) groups excluding carboxylic acids is 1. The van der Waals surface area contributed by atoms with Crippen molar-refractivity contribution in [2.24, 2.45) is 32.5 Å². The van der Waals surface area contributed by atoms with Crippen molar-refractivity contribution in [2.45, 2.75) is 232 Å². The highest BCUT2D eigenvalue weighted by molar-refractivity contribution is 7.31. The van der Waals surface area contributed by atoms with Gasteiger partial charge in [-0.2, -0.15) is 0 Å². The largest absolute Gasteiger partial charge is 0.294 e. The number of hydrogen-bond acceptors (Lipinski definition) is 4. The lowest BCUT2D eigenvalue weighted by molar-refractivity contribution is -0.114. The highest BCUT2D eigenvalue weighted by Crippen LogP contribution is 2.80. The molecular weight excluding hydrogens is 1280 g/mol. The number of carbonyl (C=O) groups is 1. The zero-order valence-electron chi connectivity index (χ0n) is 61.5. The smallest absolute Gasteiger partial charge is 0.162 e. The van der Waals surface area contributed by atoms with Crippen LogP contribution in [0.5, 0.6) is 0 Å². The zero-order chi connectivity index (χ0) is 68.8. The fourth-order valence-electron chi connectivity index (χ4n) is 27.1. The van der Waals surface area contributed by atoms with Crippen molar-refractivity contribution < 1.29 is 4.79 Å². The summed E-state index contributed by atoms with van der Waals surface area (Å²) in [5.74, 6) is 0.103. The summed E-state index contributed by atoms with van der Waals surface area (Å²) in [6, 6.07) is 65.3. The first-order valence-corrected chi connectivity index (χ1v) is 42.2. The molecule has 1 nitrogen and oxygen atoms in total. The van der Waals surface area contributed by atoms with E-state index < -0.39 is 0 Å². The number of thiophene rings is 3. The van der Waals surface area contributed by atoms with E-state index >= 15 is 0 Å². The third-order valence-corrected chi connectivity index (χ3v) is 34.2. The van der Waals surface area contributed by atoms with Gasteiger partial charge in [0, 0.05) is 51.6 Å². The number of fused-ring (bicyclic) bond motifs is 10. The van der Waals surface area contributed by atoms with Crippen LogP contribution < -0.4 is 0 Å². The summed E-state index contributed by atoms with van der Waals surface area (Å²) in [5.41, 5.74) is 31.2. The Morgan fingerprint density at radius 3 is 1.12 bits per heavy atom. The van der Waals surface area contributed by atoms with Crippen LogP contribution >= 0.6 is 34.0 Å². The number of hydrogen-bond donors (Lipinski definition) is 0. The number of rotatable bonds is 14. The number of benzene rings is 7. The minimum Gasteiger partial charge on any atom is -0.294 e. The van der Waals surface area contributed by atoms with Gasteiger partial charge in [0.15, 0.2) is 5.78 Å². The fourth-order valence-corrected chi connectivity index (χ4v) is 30.5. The van der Waals surface area contributed by atoms with E-state index in [1.165, 1.54) is 255 Å². The monoisotopic (exact) mass is 1380 g/mol. The Morgan fingerprint density at radius 2 is 0.703 bits per heavy atom. The summed E-state index contributed by atoms with van der Waals surface area (Å²) < 4.78 is 2.87. The van der Waals surface area contributed by atoms with Gasteiger partial charge >= 0.3 is 0 Å². The lowest BCUT2D eigenvalue weighted by Crippen LogP contribution is -2.62. The number of allylic oxidation sites excluding steroid dienone is 1. The number of ketones is 1. The predicted molar refractivity (Wildman–Crippen MR) is 431 cm³/mol. The first-order chi connectivity index (χ1) is 49.0. The molecule has 514 valence electrons. The first-order valence-electron chi connectivity index (χ1n) is 39.8. The Morgan fingerprint density at radius 1 is 0.366 bits per heavy atom. The van der Waals surface area contributed by atoms with Gasteiger partial charge in [0.1, 0.15) is 0 Å². The second-order valence-electron chi connectivity index (χ2n) is 34.9. The molecule has 6 bridgehead atoms. The quantitative estimate of drug-likeness (QED) is 0.0992. The molecule has 0 aliphatic heterocycles. The van der Waals surface area contributed by atoms with Crippen molar-refractivity contribution in [2.75, 3.05) is 0 Å². The average molecular weight is 1380 g/mol. The molecular formula is C97H102OS3. The molecule has 19 rings (SSSR count). The number of aryl methyl sites for hydroxylation is 1. The van der Waals surface area contributed by atoms with Crippen LogP contribution in [0.25, 0.3) is 95.7 Å². The summed E-state index contributed by atoms with van der Waals surface area (Å²) >= 11 is 5.99. The zero-order valence-corrected chi connectivity index (χ0v) is 64.0. The van der Waals surface area contributed by atoms with Gasteiger partial charge in [-0.1, -0.05) is 208 Å².